The number of nitrogens with one attached hydrogen (secondary N) is 1. The number of rotatable bonds is 2. The molecule has 0 unspecified atom stereocenters. The number of carbonyl (C=O) groups is 1. The van der Waals surface area contributed by atoms with Gasteiger partial charge in [0.25, 0.3) is 0 Å². The first-order valence-electron chi connectivity index (χ1n) is 7.23. The molecule has 2 aromatic heterocycles. The van der Waals surface area contributed by atoms with Crippen molar-refractivity contribution < 1.29 is 4.79 Å². The average molecular weight is 285 g/mol. The molecule has 6 heteroatoms. The second kappa shape index (κ2) is 5.63. The van der Waals surface area contributed by atoms with E-state index >= 15 is 0 Å². The molecule has 1 aliphatic heterocycles. The Morgan fingerprint density at radius 1 is 1.33 bits per heavy atom. The number of hydrogen-bond acceptors (Lipinski definition) is 4. The SMILES string of the molecule is CC(=O)N1CCC[C@H](c2cnc(-c3cc(C)[nH]n3)cn2)C1. The summed E-state index contributed by atoms with van der Waals surface area (Å²) in [6.45, 7) is 5.17. The summed E-state index contributed by atoms with van der Waals surface area (Å²) in [5.41, 5.74) is 3.53. The van der Waals surface area contributed by atoms with Gasteiger partial charge in [-0.1, -0.05) is 0 Å². The standard InChI is InChI=1S/C15H19N5O/c1-10-6-13(19-18-10)15-8-16-14(7-17-15)12-4-3-5-20(9-12)11(2)21/h6-8,12H,3-5,9H2,1-2H3,(H,18,19)/t12-/m0/s1. The quantitative estimate of drug-likeness (QED) is 0.914. The lowest BCUT2D eigenvalue weighted by atomic mass is 9.95. The van der Waals surface area contributed by atoms with E-state index in [4.69, 9.17) is 0 Å². The summed E-state index contributed by atoms with van der Waals surface area (Å²) in [6.07, 6.45) is 5.65. The summed E-state index contributed by atoms with van der Waals surface area (Å²) in [4.78, 5) is 22.4. The maximum Gasteiger partial charge on any atom is 0.219 e. The van der Waals surface area contributed by atoms with Crippen LogP contribution in [0, 0.1) is 6.92 Å². The summed E-state index contributed by atoms with van der Waals surface area (Å²) in [5.74, 6) is 0.418. The van der Waals surface area contributed by atoms with Gasteiger partial charge in [-0.2, -0.15) is 5.10 Å². The number of carbonyl (C=O) groups excluding carboxylic acids is 1. The Kier molecular flexibility index (Phi) is 3.68. The van der Waals surface area contributed by atoms with Crippen molar-refractivity contribution in [3.05, 3.63) is 29.8 Å². The molecule has 1 amide bonds. The lowest BCUT2D eigenvalue weighted by Gasteiger charge is -2.31. The third kappa shape index (κ3) is 2.94. The number of piperidine rings is 1. The number of amides is 1. The Hall–Kier alpha value is -2.24. The van der Waals surface area contributed by atoms with Crippen molar-refractivity contribution in [3.8, 4) is 11.4 Å². The molecule has 6 nitrogen and oxygen atoms in total. The average Bonchev–Trinajstić information content (AvgIpc) is 2.94. The summed E-state index contributed by atoms with van der Waals surface area (Å²) in [5, 5.41) is 7.08. The van der Waals surface area contributed by atoms with Crippen molar-refractivity contribution in [3.63, 3.8) is 0 Å². The normalized spacial score (nSPS) is 18.8. The molecule has 3 rings (SSSR count). The first-order chi connectivity index (χ1) is 10.1. The van der Waals surface area contributed by atoms with Gasteiger partial charge >= 0.3 is 0 Å². The summed E-state index contributed by atoms with van der Waals surface area (Å²) in [6, 6.07) is 1.95. The lowest BCUT2D eigenvalue weighted by Crippen LogP contribution is -2.37. The highest BCUT2D eigenvalue weighted by atomic mass is 16.2. The molecule has 1 aliphatic rings. The van der Waals surface area contributed by atoms with Gasteiger partial charge < -0.3 is 4.90 Å². The highest BCUT2D eigenvalue weighted by molar-refractivity contribution is 5.73. The molecule has 0 bridgehead atoms. The van der Waals surface area contributed by atoms with Crippen molar-refractivity contribution in [2.45, 2.75) is 32.6 Å². The highest BCUT2D eigenvalue weighted by Crippen LogP contribution is 2.26. The summed E-state index contributed by atoms with van der Waals surface area (Å²) >= 11 is 0. The van der Waals surface area contributed by atoms with Crippen molar-refractivity contribution in [1.29, 1.82) is 0 Å². The topological polar surface area (TPSA) is 74.8 Å². The highest BCUT2D eigenvalue weighted by Gasteiger charge is 2.24. The van der Waals surface area contributed by atoms with Crippen molar-refractivity contribution in [1.82, 2.24) is 25.1 Å². The van der Waals surface area contributed by atoms with E-state index in [9.17, 15) is 4.79 Å². The van der Waals surface area contributed by atoms with Gasteiger partial charge in [0.15, 0.2) is 0 Å². The molecule has 0 radical (unpaired) electrons. The van der Waals surface area contributed by atoms with E-state index in [2.05, 4.69) is 20.2 Å². The van der Waals surface area contributed by atoms with Gasteiger partial charge in [0.1, 0.15) is 11.4 Å². The van der Waals surface area contributed by atoms with Crippen LogP contribution in [0.1, 0.15) is 37.1 Å². The maximum absolute atomic E-state index is 11.5. The van der Waals surface area contributed by atoms with Crippen LogP contribution in [0.25, 0.3) is 11.4 Å². The van der Waals surface area contributed by atoms with Crippen LogP contribution in [0.3, 0.4) is 0 Å². The molecule has 1 saturated heterocycles. The van der Waals surface area contributed by atoms with Gasteiger partial charge in [-0.3, -0.25) is 19.9 Å². The number of hydrogen-bond donors (Lipinski definition) is 1. The van der Waals surface area contributed by atoms with E-state index in [0.29, 0.717) is 0 Å². The molecule has 3 heterocycles. The van der Waals surface area contributed by atoms with E-state index in [1.807, 2.05) is 24.1 Å². The van der Waals surface area contributed by atoms with Gasteiger partial charge in [0, 0.05) is 37.8 Å². The van der Waals surface area contributed by atoms with Crippen LogP contribution in [0.5, 0.6) is 0 Å². The first kappa shape index (κ1) is 13.7. The second-order valence-corrected chi connectivity index (χ2v) is 5.57. The number of nitrogens with zero attached hydrogens (tertiary/aromatic N) is 4. The molecule has 2 aromatic rings. The van der Waals surface area contributed by atoms with Crippen molar-refractivity contribution in [2.75, 3.05) is 13.1 Å². The fourth-order valence-electron chi connectivity index (χ4n) is 2.73. The van der Waals surface area contributed by atoms with Crippen LogP contribution < -0.4 is 0 Å². The number of aromatic nitrogens is 4. The Balaban J connectivity index is 1.76. The lowest BCUT2D eigenvalue weighted by molar-refractivity contribution is -0.130. The third-order valence-corrected chi connectivity index (χ3v) is 3.93. The smallest absolute Gasteiger partial charge is 0.219 e. The van der Waals surface area contributed by atoms with Crippen LogP contribution in [0.2, 0.25) is 0 Å². The van der Waals surface area contributed by atoms with Crippen molar-refractivity contribution in [2.24, 2.45) is 0 Å². The molecule has 0 spiro atoms. The molecule has 21 heavy (non-hydrogen) atoms. The number of aromatic amines is 1. The summed E-state index contributed by atoms with van der Waals surface area (Å²) < 4.78 is 0. The summed E-state index contributed by atoms with van der Waals surface area (Å²) in [7, 11) is 0. The van der Waals surface area contributed by atoms with Crippen LogP contribution in [0.15, 0.2) is 18.5 Å². The van der Waals surface area contributed by atoms with E-state index in [1.54, 1.807) is 13.1 Å². The third-order valence-electron chi connectivity index (χ3n) is 3.93. The molecule has 110 valence electrons. The van der Waals surface area contributed by atoms with Crippen LogP contribution in [0.4, 0.5) is 0 Å². The molecule has 0 aromatic carbocycles. The zero-order chi connectivity index (χ0) is 14.8. The molecular weight excluding hydrogens is 266 g/mol. The van der Waals surface area contributed by atoms with Crippen LogP contribution in [-0.4, -0.2) is 44.1 Å². The number of H-pyrrole nitrogens is 1. The number of likely N-dealkylation sites (tertiary alicyclic amines) is 1. The Labute approximate surface area is 123 Å². The van der Waals surface area contributed by atoms with E-state index in [1.165, 1.54) is 0 Å². The zero-order valence-corrected chi connectivity index (χ0v) is 12.3. The molecular formula is C15H19N5O. The number of aryl methyl sites for hydroxylation is 1. The fraction of sp³-hybridized carbons (Fsp3) is 0.467. The molecule has 0 aliphatic carbocycles. The predicted octanol–water partition coefficient (Wildman–Crippen LogP) is 1.90. The molecule has 1 atom stereocenters. The minimum absolute atomic E-state index is 0.135. The molecule has 1 N–H and O–H groups in total. The minimum atomic E-state index is 0.135. The predicted molar refractivity (Wildman–Crippen MR) is 78.6 cm³/mol. The molecule has 0 saturated carbocycles. The minimum Gasteiger partial charge on any atom is -0.342 e. The van der Waals surface area contributed by atoms with E-state index in [-0.39, 0.29) is 11.8 Å². The first-order valence-corrected chi connectivity index (χ1v) is 7.23. The fourth-order valence-corrected chi connectivity index (χ4v) is 2.73. The zero-order valence-electron chi connectivity index (χ0n) is 12.3. The Bertz CT molecular complexity index is 634. The van der Waals surface area contributed by atoms with Gasteiger partial charge in [0.2, 0.25) is 5.91 Å². The second-order valence-electron chi connectivity index (χ2n) is 5.57. The largest absolute Gasteiger partial charge is 0.342 e. The van der Waals surface area contributed by atoms with Gasteiger partial charge in [-0.15, -0.1) is 0 Å². The Morgan fingerprint density at radius 3 is 2.81 bits per heavy atom. The van der Waals surface area contributed by atoms with Crippen LogP contribution in [-0.2, 0) is 4.79 Å². The Morgan fingerprint density at radius 2 is 2.19 bits per heavy atom. The van der Waals surface area contributed by atoms with Gasteiger partial charge in [-0.05, 0) is 25.8 Å². The van der Waals surface area contributed by atoms with E-state index < -0.39 is 0 Å². The van der Waals surface area contributed by atoms with Crippen LogP contribution >= 0.6 is 0 Å². The maximum atomic E-state index is 11.5. The van der Waals surface area contributed by atoms with E-state index in [0.717, 1.165) is 48.7 Å². The molecule has 1 fully saturated rings. The monoisotopic (exact) mass is 285 g/mol. The van der Waals surface area contributed by atoms with Crippen molar-refractivity contribution >= 4 is 5.91 Å². The van der Waals surface area contributed by atoms with Gasteiger partial charge in [0.05, 0.1) is 11.9 Å². The van der Waals surface area contributed by atoms with Gasteiger partial charge in [-0.25, -0.2) is 0 Å².